The number of nitrogens with one attached hydrogen (secondary N) is 1. The standard InChI is InChI=1S/C15H19BrFNO/c1-10-4-2-3-5-11(10)9-18-15(19)13-7-6-12(16)8-14(13)17/h6-8,10-11H,2-5,9H2,1H3,(H,18,19). The minimum atomic E-state index is -0.483. The maximum atomic E-state index is 13.7. The van der Waals surface area contributed by atoms with Gasteiger partial charge in [-0.3, -0.25) is 4.79 Å². The van der Waals surface area contributed by atoms with Crippen molar-refractivity contribution < 1.29 is 9.18 Å². The zero-order valence-corrected chi connectivity index (χ0v) is 12.7. The molecule has 0 aliphatic heterocycles. The van der Waals surface area contributed by atoms with Crippen molar-refractivity contribution in [1.29, 1.82) is 0 Å². The molecule has 2 nitrogen and oxygen atoms in total. The molecule has 1 amide bonds. The Labute approximate surface area is 121 Å². The van der Waals surface area contributed by atoms with Crippen LogP contribution in [0.2, 0.25) is 0 Å². The monoisotopic (exact) mass is 327 g/mol. The highest BCUT2D eigenvalue weighted by atomic mass is 79.9. The third-order valence-corrected chi connectivity index (χ3v) is 4.48. The van der Waals surface area contributed by atoms with Gasteiger partial charge < -0.3 is 5.32 Å². The molecule has 104 valence electrons. The van der Waals surface area contributed by atoms with Crippen LogP contribution in [0.1, 0.15) is 43.0 Å². The van der Waals surface area contributed by atoms with Crippen LogP contribution in [0.25, 0.3) is 0 Å². The molecule has 1 aliphatic rings. The van der Waals surface area contributed by atoms with E-state index in [1.165, 1.54) is 31.4 Å². The molecule has 1 aromatic carbocycles. The Balaban J connectivity index is 1.93. The molecule has 0 radical (unpaired) electrons. The molecule has 1 N–H and O–H groups in total. The summed E-state index contributed by atoms with van der Waals surface area (Å²) >= 11 is 3.18. The molecule has 2 atom stereocenters. The second kappa shape index (κ2) is 6.51. The van der Waals surface area contributed by atoms with Crippen LogP contribution in [0.15, 0.2) is 22.7 Å². The first-order valence-electron chi connectivity index (χ1n) is 6.81. The van der Waals surface area contributed by atoms with Crippen molar-refractivity contribution >= 4 is 21.8 Å². The van der Waals surface area contributed by atoms with E-state index in [2.05, 4.69) is 28.2 Å². The first-order valence-corrected chi connectivity index (χ1v) is 7.60. The van der Waals surface area contributed by atoms with Crippen LogP contribution < -0.4 is 5.32 Å². The molecular weight excluding hydrogens is 309 g/mol. The van der Waals surface area contributed by atoms with Crippen molar-refractivity contribution in [1.82, 2.24) is 5.32 Å². The van der Waals surface area contributed by atoms with Gasteiger partial charge in [0, 0.05) is 11.0 Å². The van der Waals surface area contributed by atoms with E-state index in [1.54, 1.807) is 6.07 Å². The topological polar surface area (TPSA) is 29.1 Å². The lowest BCUT2D eigenvalue weighted by molar-refractivity contribution is 0.0932. The van der Waals surface area contributed by atoms with Gasteiger partial charge in [0.15, 0.2) is 0 Å². The molecule has 0 saturated heterocycles. The van der Waals surface area contributed by atoms with E-state index in [0.29, 0.717) is 22.9 Å². The lowest BCUT2D eigenvalue weighted by Crippen LogP contribution is -2.33. The van der Waals surface area contributed by atoms with Gasteiger partial charge in [-0.1, -0.05) is 42.1 Å². The van der Waals surface area contributed by atoms with Crippen LogP contribution in [0.3, 0.4) is 0 Å². The number of amides is 1. The number of halogens is 2. The normalized spacial score (nSPS) is 23.1. The van der Waals surface area contributed by atoms with Gasteiger partial charge in [-0.2, -0.15) is 0 Å². The van der Waals surface area contributed by atoms with Crippen molar-refractivity contribution in [2.75, 3.05) is 6.54 Å². The Kier molecular flexibility index (Phi) is 4.97. The van der Waals surface area contributed by atoms with Gasteiger partial charge >= 0.3 is 0 Å². The SMILES string of the molecule is CC1CCCCC1CNC(=O)c1ccc(Br)cc1F. The van der Waals surface area contributed by atoms with Crippen LogP contribution in [0.4, 0.5) is 4.39 Å². The van der Waals surface area contributed by atoms with Gasteiger partial charge in [-0.15, -0.1) is 0 Å². The molecule has 1 saturated carbocycles. The van der Waals surface area contributed by atoms with Crippen molar-refractivity contribution in [3.8, 4) is 0 Å². The maximum absolute atomic E-state index is 13.7. The predicted molar refractivity (Wildman–Crippen MR) is 77.6 cm³/mol. The molecule has 2 rings (SSSR count). The smallest absolute Gasteiger partial charge is 0.254 e. The molecular formula is C15H19BrFNO. The number of hydrogen-bond donors (Lipinski definition) is 1. The van der Waals surface area contributed by atoms with Crippen molar-refractivity contribution in [3.05, 3.63) is 34.1 Å². The van der Waals surface area contributed by atoms with Gasteiger partial charge in [0.05, 0.1) is 5.56 Å². The van der Waals surface area contributed by atoms with Crippen LogP contribution in [0, 0.1) is 17.7 Å². The third kappa shape index (κ3) is 3.78. The number of rotatable bonds is 3. The molecule has 4 heteroatoms. The number of carbonyl (C=O) groups is 1. The number of benzene rings is 1. The van der Waals surface area contributed by atoms with E-state index in [0.717, 1.165) is 6.42 Å². The van der Waals surface area contributed by atoms with Crippen LogP contribution >= 0.6 is 15.9 Å². The van der Waals surface area contributed by atoms with Crippen molar-refractivity contribution in [3.63, 3.8) is 0 Å². The Morgan fingerprint density at radius 2 is 2.16 bits per heavy atom. The molecule has 1 aliphatic carbocycles. The summed E-state index contributed by atoms with van der Waals surface area (Å²) in [6.45, 7) is 2.88. The minimum absolute atomic E-state index is 0.117. The fraction of sp³-hybridized carbons (Fsp3) is 0.533. The Bertz CT molecular complexity index is 463. The molecule has 1 aromatic rings. The highest BCUT2D eigenvalue weighted by Gasteiger charge is 2.22. The van der Waals surface area contributed by atoms with E-state index >= 15 is 0 Å². The summed E-state index contributed by atoms with van der Waals surface area (Å²) in [7, 11) is 0. The average Bonchev–Trinajstić information content (AvgIpc) is 2.37. The first-order chi connectivity index (χ1) is 9.08. The largest absolute Gasteiger partial charge is 0.352 e. The highest BCUT2D eigenvalue weighted by Crippen LogP contribution is 2.29. The van der Waals surface area contributed by atoms with Gasteiger partial charge in [-0.25, -0.2) is 4.39 Å². The summed E-state index contributed by atoms with van der Waals surface area (Å²) in [6.07, 6.45) is 4.90. The molecule has 0 heterocycles. The van der Waals surface area contributed by atoms with Crippen LogP contribution in [0.5, 0.6) is 0 Å². The zero-order valence-electron chi connectivity index (χ0n) is 11.1. The molecule has 0 aromatic heterocycles. The molecule has 1 fully saturated rings. The van der Waals surface area contributed by atoms with Gasteiger partial charge in [0.25, 0.3) is 5.91 Å². The maximum Gasteiger partial charge on any atom is 0.254 e. The predicted octanol–water partition coefficient (Wildman–Crippen LogP) is 4.14. The second-order valence-corrected chi connectivity index (χ2v) is 6.27. The highest BCUT2D eigenvalue weighted by molar-refractivity contribution is 9.10. The minimum Gasteiger partial charge on any atom is -0.352 e. The molecule has 19 heavy (non-hydrogen) atoms. The van der Waals surface area contributed by atoms with Crippen molar-refractivity contribution in [2.24, 2.45) is 11.8 Å². The average molecular weight is 328 g/mol. The van der Waals surface area contributed by atoms with E-state index in [1.807, 2.05) is 0 Å². The molecule has 2 unspecified atom stereocenters. The van der Waals surface area contributed by atoms with Crippen LogP contribution in [-0.2, 0) is 0 Å². The summed E-state index contributed by atoms with van der Waals surface area (Å²) in [6, 6.07) is 4.51. The third-order valence-electron chi connectivity index (χ3n) is 3.99. The fourth-order valence-corrected chi connectivity index (χ4v) is 3.02. The zero-order chi connectivity index (χ0) is 13.8. The van der Waals surface area contributed by atoms with Gasteiger partial charge in [-0.05, 0) is 36.5 Å². The summed E-state index contributed by atoms with van der Waals surface area (Å²) in [4.78, 5) is 12.0. The van der Waals surface area contributed by atoms with E-state index < -0.39 is 5.82 Å². The summed E-state index contributed by atoms with van der Waals surface area (Å²) in [5, 5.41) is 2.87. The van der Waals surface area contributed by atoms with E-state index in [9.17, 15) is 9.18 Å². The Morgan fingerprint density at radius 3 is 2.84 bits per heavy atom. The number of carbonyl (C=O) groups excluding carboxylic acids is 1. The second-order valence-electron chi connectivity index (χ2n) is 5.36. The first kappa shape index (κ1) is 14.5. The number of hydrogen-bond acceptors (Lipinski definition) is 1. The lowest BCUT2D eigenvalue weighted by Gasteiger charge is -2.28. The van der Waals surface area contributed by atoms with E-state index in [4.69, 9.17) is 0 Å². The fourth-order valence-electron chi connectivity index (χ4n) is 2.69. The van der Waals surface area contributed by atoms with Gasteiger partial charge in [0.1, 0.15) is 5.82 Å². The van der Waals surface area contributed by atoms with Gasteiger partial charge in [0.2, 0.25) is 0 Å². The quantitative estimate of drug-likeness (QED) is 0.887. The summed E-state index contributed by atoms with van der Waals surface area (Å²) in [5.74, 6) is 0.367. The summed E-state index contributed by atoms with van der Waals surface area (Å²) < 4.78 is 14.3. The lowest BCUT2D eigenvalue weighted by atomic mass is 9.80. The van der Waals surface area contributed by atoms with E-state index in [-0.39, 0.29) is 11.5 Å². The van der Waals surface area contributed by atoms with Crippen LogP contribution in [-0.4, -0.2) is 12.5 Å². The Hall–Kier alpha value is -0.900. The Morgan fingerprint density at radius 1 is 1.42 bits per heavy atom. The summed E-state index contributed by atoms with van der Waals surface area (Å²) in [5.41, 5.74) is 0.117. The molecule has 0 bridgehead atoms. The molecule has 0 spiro atoms. The van der Waals surface area contributed by atoms with Crippen molar-refractivity contribution in [2.45, 2.75) is 32.6 Å².